The molecule has 40 heavy (non-hydrogen) atoms. The third-order valence-corrected chi connectivity index (χ3v) is 9.03. The van der Waals surface area contributed by atoms with E-state index in [1.165, 1.54) is 4.90 Å². The number of benzene rings is 4. The van der Waals surface area contributed by atoms with Crippen molar-refractivity contribution in [3.63, 3.8) is 0 Å². The van der Waals surface area contributed by atoms with Gasteiger partial charge in [0.2, 0.25) is 11.8 Å². The summed E-state index contributed by atoms with van der Waals surface area (Å²) in [7, 11) is 0. The zero-order valence-corrected chi connectivity index (χ0v) is 22.9. The number of halogens is 1. The molecule has 1 N–H and O–H groups in total. The summed E-state index contributed by atoms with van der Waals surface area (Å²) in [5.74, 6) is -2.20. The van der Waals surface area contributed by atoms with Crippen molar-refractivity contribution < 1.29 is 14.4 Å². The maximum absolute atomic E-state index is 14.3. The summed E-state index contributed by atoms with van der Waals surface area (Å²) in [6.45, 7) is 0.221. The molecule has 1 heterocycles. The molecule has 3 amide bonds. The fourth-order valence-electron chi connectivity index (χ4n) is 6.89. The first-order valence-corrected chi connectivity index (χ1v) is 14.0. The lowest BCUT2D eigenvalue weighted by Gasteiger charge is -2.52. The molecule has 8 rings (SSSR count). The molecule has 0 aromatic heterocycles. The van der Waals surface area contributed by atoms with Gasteiger partial charge in [0.1, 0.15) is 0 Å². The van der Waals surface area contributed by atoms with E-state index >= 15 is 0 Å². The normalized spacial score (nSPS) is 24.1. The van der Waals surface area contributed by atoms with Crippen molar-refractivity contribution in [2.45, 2.75) is 17.9 Å². The fraction of sp³-hybridized carbons (Fsp3) is 0.152. The lowest BCUT2D eigenvalue weighted by molar-refractivity contribution is -0.140. The van der Waals surface area contributed by atoms with Crippen LogP contribution in [0.5, 0.6) is 0 Å². The Bertz CT molecular complexity index is 1650. The molecule has 2 bridgehead atoms. The molecule has 6 nitrogen and oxygen atoms in total. The van der Waals surface area contributed by atoms with Gasteiger partial charge in [0.15, 0.2) is 0 Å². The van der Waals surface area contributed by atoms with E-state index in [0.29, 0.717) is 5.56 Å². The maximum atomic E-state index is 14.3. The van der Waals surface area contributed by atoms with Crippen LogP contribution in [0, 0.1) is 11.8 Å². The van der Waals surface area contributed by atoms with Gasteiger partial charge in [0.25, 0.3) is 5.91 Å². The first-order chi connectivity index (χ1) is 19.5. The Labute approximate surface area is 239 Å². The number of hydrogen-bond donors (Lipinski definition) is 1. The summed E-state index contributed by atoms with van der Waals surface area (Å²) in [6, 6.07) is 32.6. The van der Waals surface area contributed by atoms with Crippen LogP contribution >= 0.6 is 15.9 Å². The van der Waals surface area contributed by atoms with Crippen molar-refractivity contribution in [2.24, 2.45) is 16.9 Å². The number of nitrogens with zero attached hydrogens (tertiary/aromatic N) is 2. The molecule has 4 aliphatic rings. The molecule has 2 atom stereocenters. The monoisotopic (exact) mass is 589 g/mol. The second-order valence-electron chi connectivity index (χ2n) is 10.5. The van der Waals surface area contributed by atoms with Gasteiger partial charge < -0.3 is 0 Å². The molecule has 4 aromatic carbocycles. The minimum atomic E-state index is -1.02. The van der Waals surface area contributed by atoms with Gasteiger partial charge in [0, 0.05) is 22.2 Å². The van der Waals surface area contributed by atoms with E-state index in [1.54, 1.807) is 30.5 Å². The molecule has 1 fully saturated rings. The van der Waals surface area contributed by atoms with Crippen molar-refractivity contribution in [1.29, 1.82) is 0 Å². The van der Waals surface area contributed by atoms with E-state index in [2.05, 4.69) is 26.5 Å². The number of hydrogen-bond acceptors (Lipinski definition) is 4. The van der Waals surface area contributed by atoms with Gasteiger partial charge in [-0.05, 0) is 52.1 Å². The summed E-state index contributed by atoms with van der Waals surface area (Å²) in [5, 5.41) is 4.47. The number of nitrogens with one attached hydrogen (secondary N) is 1. The summed E-state index contributed by atoms with van der Waals surface area (Å²) in [5.41, 5.74) is 6.96. The van der Waals surface area contributed by atoms with E-state index in [9.17, 15) is 14.4 Å². The molecular weight excluding hydrogens is 566 g/mol. The highest BCUT2D eigenvalue weighted by Gasteiger charge is 2.67. The molecule has 3 aliphatic carbocycles. The van der Waals surface area contributed by atoms with E-state index in [0.717, 1.165) is 32.3 Å². The molecule has 0 unspecified atom stereocenters. The number of amides is 3. The quantitative estimate of drug-likeness (QED) is 0.192. The predicted octanol–water partition coefficient (Wildman–Crippen LogP) is 5.41. The van der Waals surface area contributed by atoms with E-state index in [-0.39, 0.29) is 30.2 Å². The molecule has 0 saturated carbocycles. The van der Waals surface area contributed by atoms with E-state index < -0.39 is 17.3 Å². The van der Waals surface area contributed by atoms with Crippen LogP contribution < -0.4 is 5.43 Å². The predicted molar refractivity (Wildman–Crippen MR) is 155 cm³/mol. The standard InChI is InChI=1S/C33H24BrN3O3/c34-22-16-14-21(15-17-22)30(38)36-35-19-33-25-12-6-4-10-23(25)27(24-11-5-7-13-26(24)33)28-29(33)32(40)37(31(28)39)18-20-8-2-1-3-9-20/h1-17,19,27-29H,18H2,(H,36,38)/b35-19+/t27?,28-,29-,33?/m1/s1. The molecule has 1 saturated heterocycles. The number of rotatable bonds is 5. The Hall–Kier alpha value is -4.36. The van der Waals surface area contributed by atoms with Crippen molar-refractivity contribution >= 4 is 39.9 Å². The van der Waals surface area contributed by atoms with E-state index in [1.807, 2.05) is 78.9 Å². The molecular formula is C33H24BrN3O3. The Morgan fingerprint density at radius 2 is 1.43 bits per heavy atom. The molecule has 4 aromatic rings. The Balaban J connectivity index is 1.36. The van der Waals surface area contributed by atoms with Gasteiger partial charge in [-0.1, -0.05) is 94.8 Å². The first kappa shape index (κ1) is 24.7. The molecule has 0 spiro atoms. The van der Waals surface area contributed by atoms with Gasteiger partial charge in [0.05, 0.1) is 23.8 Å². The molecule has 196 valence electrons. The van der Waals surface area contributed by atoms with Crippen molar-refractivity contribution in [2.75, 3.05) is 0 Å². The lowest BCUT2D eigenvalue weighted by atomic mass is 9.47. The number of likely N-dealkylation sites (tertiary alicyclic amines) is 1. The first-order valence-electron chi connectivity index (χ1n) is 13.2. The third kappa shape index (κ3) is 3.54. The van der Waals surface area contributed by atoms with Crippen molar-refractivity contribution in [3.8, 4) is 0 Å². The van der Waals surface area contributed by atoms with Crippen LogP contribution in [0.3, 0.4) is 0 Å². The van der Waals surface area contributed by atoms with Gasteiger partial charge >= 0.3 is 0 Å². The van der Waals surface area contributed by atoms with Gasteiger partial charge in [-0.15, -0.1) is 0 Å². The van der Waals surface area contributed by atoms with Crippen LogP contribution in [0.1, 0.15) is 44.1 Å². The maximum Gasteiger partial charge on any atom is 0.271 e. The largest absolute Gasteiger partial charge is 0.278 e. The number of imide groups is 1. The van der Waals surface area contributed by atoms with Crippen LogP contribution in [-0.2, 0) is 21.5 Å². The minimum Gasteiger partial charge on any atom is -0.278 e. The zero-order chi connectivity index (χ0) is 27.4. The van der Waals surface area contributed by atoms with Crippen LogP contribution in [0.4, 0.5) is 0 Å². The molecule has 1 aliphatic heterocycles. The van der Waals surface area contributed by atoms with Gasteiger partial charge in [-0.25, -0.2) is 5.43 Å². The van der Waals surface area contributed by atoms with Gasteiger partial charge in [-0.3, -0.25) is 19.3 Å². The highest BCUT2D eigenvalue weighted by Crippen LogP contribution is 2.63. The Morgan fingerprint density at radius 1 is 0.825 bits per heavy atom. The van der Waals surface area contributed by atoms with Crippen molar-refractivity contribution in [3.05, 3.63) is 141 Å². The van der Waals surface area contributed by atoms with Crippen LogP contribution in [0.2, 0.25) is 0 Å². The van der Waals surface area contributed by atoms with Gasteiger partial charge in [-0.2, -0.15) is 5.10 Å². The summed E-state index contributed by atoms with van der Waals surface area (Å²) in [6.07, 6.45) is 1.69. The van der Waals surface area contributed by atoms with E-state index in [4.69, 9.17) is 0 Å². The SMILES string of the molecule is O=C(N/N=C/C12c3ccccc3C(c3ccccc31)[C@H]1C(=O)N(Cc3ccccc3)C(=O)[C@@H]12)c1ccc(Br)cc1. The Morgan fingerprint density at radius 3 is 2.08 bits per heavy atom. The third-order valence-electron chi connectivity index (χ3n) is 8.50. The Kier molecular flexibility index (Phi) is 5.78. The highest BCUT2D eigenvalue weighted by molar-refractivity contribution is 9.10. The second-order valence-corrected chi connectivity index (χ2v) is 11.4. The number of carbonyl (C=O) groups excluding carboxylic acids is 3. The average Bonchev–Trinajstić information content (AvgIpc) is 3.24. The van der Waals surface area contributed by atoms with Crippen LogP contribution in [-0.4, -0.2) is 28.8 Å². The topological polar surface area (TPSA) is 78.8 Å². The fourth-order valence-corrected chi connectivity index (χ4v) is 7.15. The van der Waals surface area contributed by atoms with Crippen LogP contribution in [0.25, 0.3) is 0 Å². The lowest BCUT2D eigenvalue weighted by Crippen LogP contribution is -2.54. The minimum absolute atomic E-state index is 0.162. The van der Waals surface area contributed by atoms with Crippen LogP contribution in [0.15, 0.2) is 113 Å². The summed E-state index contributed by atoms with van der Waals surface area (Å²) < 4.78 is 0.870. The summed E-state index contributed by atoms with van der Waals surface area (Å²) >= 11 is 3.39. The smallest absolute Gasteiger partial charge is 0.271 e. The molecule has 7 heteroatoms. The zero-order valence-electron chi connectivity index (χ0n) is 21.3. The number of carbonyl (C=O) groups is 3. The highest BCUT2D eigenvalue weighted by atomic mass is 79.9. The number of hydrazone groups is 1. The van der Waals surface area contributed by atoms with Crippen molar-refractivity contribution in [1.82, 2.24) is 10.3 Å². The average molecular weight is 590 g/mol. The second kappa shape index (κ2) is 9.38. The summed E-state index contributed by atoms with van der Waals surface area (Å²) in [4.78, 5) is 42.7. The molecule has 0 radical (unpaired) electrons.